The summed E-state index contributed by atoms with van der Waals surface area (Å²) in [5, 5.41) is 9.29. The molecule has 2 aromatic carbocycles. The minimum absolute atomic E-state index is 0.0714. The van der Waals surface area contributed by atoms with Gasteiger partial charge in [-0.2, -0.15) is 13.2 Å². The predicted molar refractivity (Wildman–Crippen MR) is 145 cm³/mol. The van der Waals surface area contributed by atoms with Gasteiger partial charge in [0.2, 0.25) is 5.91 Å². The first-order valence-electron chi connectivity index (χ1n) is 12.8. The number of likely N-dealkylation sites (N-methyl/N-ethyl adjacent to an activating group) is 1. The van der Waals surface area contributed by atoms with Crippen LogP contribution >= 0.6 is 11.3 Å². The lowest BCUT2D eigenvalue weighted by atomic mass is 10.1. The van der Waals surface area contributed by atoms with E-state index in [0.717, 1.165) is 12.1 Å². The van der Waals surface area contributed by atoms with Gasteiger partial charge in [0.05, 0.1) is 11.7 Å². The summed E-state index contributed by atoms with van der Waals surface area (Å²) in [6, 6.07) is 9.63. The summed E-state index contributed by atoms with van der Waals surface area (Å²) in [6.07, 6.45) is -10.7. The first kappa shape index (κ1) is 32.6. The monoisotopic (exact) mass is 646 g/mol. The van der Waals surface area contributed by atoms with Crippen molar-refractivity contribution in [2.45, 2.75) is 25.5 Å². The molecule has 11 nitrogen and oxygen atoms in total. The maximum absolute atomic E-state index is 13.4. The van der Waals surface area contributed by atoms with Gasteiger partial charge in [-0.15, -0.1) is 28.4 Å². The van der Waals surface area contributed by atoms with E-state index < -0.39 is 58.5 Å². The third-order valence-corrected chi connectivity index (χ3v) is 7.31. The second-order valence-electron chi connectivity index (χ2n) is 9.50. The van der Waals surface area contributed by atoms with Crippen LogP contribution in [-0.2, 0) is 14.4 Å². The van der Waals surface area contributed by atoms with Gasteiger partial charge in [0.25, 0.3) is 11.0 Å². The van der Waals surface area contributed by atoms with Gasteiger partial charge in [-0.05, 0) is 32.2 Å². The Hall–Kier alpha value is -4.29. The van der Waals surface area contributed by atoms with Crippen molar-refractivity contribution in [1.82, 2.24) is 20.0 Å². The van der Waals surface area contributed by atoms with Gasteiger partial charge < -0.3 is 19.8 Å². The molecule has 0 radical (unpaired) electrons. The molecule has 0 spiro atoms. The fourth-order valence-corrected chi connectivity index (χ4v) is 4.79. The maximum atomic E-state index is 13.4. The van der Waals surface area contributed by atoms with Crippen LogP contribution in [0.15, 0.2) is 48.5 Å². The number of aromatic nitrogens is 2. The largest absolute Gasteiger partial charge is 0.573 e. The Bertz CT molecular complexity index is 1490. The van der Waals surface area contributed by atoms with Crippen molar-refractivity contribution < 1.29 is 50.3 Å². The van der Waals surface area contributed by atoms with E-state index >= 15 is 0 Å². The van der Waals surface area contributed by atoms with Crippen LogP contribution in [0.3, 0.4) is 0 Å². The standard InChI is InChI=1S/C26H24F6N6O5S/c1-15(37-12-10-36(2)11-13-37)20(39)33-18-14-17(8-9-19(18)42-26(30,31)32)22(40)38(43-23(41)25(27,28)29)24-35-34-21(44-24)16-6-4-3-5-7-16/h3-9,14-15H,10-13H2,1-2H3,(H,33,39). The Balaban J connectivity index is 1.67. The number of ether oxygens (including phenoxy) is 1. The third-order valence-electron chi connectivity index (χ3n) is 6.37. The molecule has 0 bridgehead atoms. The van der Waals surface area contributed by atoms with Crippen LogP contribution in [0.25, 0.3) is 10.6 Å². The van der Waals surface area contributed by atoms with Gasteiger partial charge in [0, 0.05) is 37.3 Å². The lowest BCUT2D eigenvalue weighted by Crippen LogP contribution is -2.51. The van der Waals surface area contributed by atoms with Crippen molar-refractivity contribution >= 4 is 39.9 Å². The number of rotatable bonds is 7. The topological polar surface area (TPSA) is 117 Å². The molecule has 1 aromatic heterocycles. The first-order chi connectivity index (χ1) is 20.6. The molecule has 236 valence electrons. The van der Waals surface area contributed by atoms with E-state index in [1.54, 1.807) is 35.2 Å². The fraction of sp³-hybridized carbons (Fsp3) is 0.346. The highest BCUT2D eigenvalue weighted by Crippen LogP contribution is 2.34. The number of carbonyl (C=O) groups is 3. The van der Waals surface area contributed by atoms with Crippen LogP contribution in [0.1, 0.15) is 17.3 Å². The number of carbonyl (C=O) groups excluding carboxylic acids is 3. The lowest BCUT2D eigenvalue weighted by Gasteiger charge is -2.35. The Kier molecular flexibility index (Phi) is 9.75. The molecule has 1 unspecified atom stereocenters. The number of nitrogens with zero attached hydrogens (tertiary/aromatic N) is 5. The van der Waals surface area contributed by atoms with Crippen LogP contribution in [0.5, 0.6) is 5.75 Å². The van der Waals surface area contributed by atoms with E-state index in [9.17, 15) is 40.7 Å². The minimum Gasteiger partial charge on any atom is -0.404 e. The Morgan fingerprint density at radius 1 is 0.977 bits per heavy atom. The van der Waals surface area contributed by atoms with Crippen LogP contribution in [0.2, 0.25) is 0 Å². The molecule has 4 rings (SSSR count). The summed E-state index contributed by atoms with van der Waals surface area (Å²) in [6.45, 7) is 3.84. The number of alkyl halides is 6. The number of nitrogens with one attached hydrogen (secondary N) is 1. The molecule has 1 atom stereocenters. The van der Waals surface area contributed by atoms with Gasteiger partial charge in [0.1, 0.15) is 5.01 Å². The molecule has 1 aliphatic rings. The molecule has 0 saturated carbocycles. The first-order valence-corrected chi connectivity index (χ1v) is 13.6. The quantitative estimate of drug-likeness (QED) is 0.296. The van der Waals surface area contributed by atoms with E-state index in [4.69, 9.17) is 0 Å². The van der Waals surface area contributed by atoms with Crippen molar-refractivity contribution in [3.05, 3.63) is 54.1 Å². The van der Waals surface area contributed by atoms with E-state index in [0.29, 0.717) is 49.1 Å². The second kappa shape index (κ2) is 13.1. The molecule has 44 heavy (non-hydrogen) atoms. The highest BCUT2D eigenvalue weighted by molar-refractivity contribution is 7.18. The Morgan fingerprint density at radius 3 is 2.25 bits per heavy atom. The molecule has 0 aliphatic carbocycles. The number of hydroxylamine groups is 1. The predicted octanol–water partition coefficient (Wildman–Crippen LogP) is 4.35. The number of hydrogen-bond acceptors (Lipinski definition) is 10. The summed E-state index contributed by atoms with van der Waals surface area (Å²) in [4.78, 5) is 46.4. The van der Waals surface area contributed by atoms with Crippen LogP contribution in [0, 0.1) is 0 Å². The van der Waals surface area contributed by atoms with Gasteiger partial charge in [-0.1, -0.05) is 41.7 Å². The molecule has 1 N–H and O–H groups in total. The zero-order valence-electron chi connectivity index (χ0n) is 23.0. The van der Waals surface area contributed by atoms with Crippen molar-refractivity contribution in [3.8, 4) is 16.3 Å². The summed E-state index contributed by atoms with van der Waals surface area (Å²) in [5.74, 6) is -5.83. The number of halogens is 6. The highest BCUT2D eigenvalue weighted by atomic mass is 32.1. The minimum atomic E-state index is -5.52. The number of benzene rings is 2. The average Bonchev–Trinajstić information content (AvgIpc) is 3.45. The molecule has 1 aliphatic heterocycles. The van der Waals surface area contributed by atoms with Crippen molar-refractivity contribution in [1.29, 1.82) is 0 Å². The van der Waals surface area contributed by atoms with Gasteiger partial charge in [-0.3, -0.25) is 14.5 Å². The van der Waals surface area contributed by atoms with Crippen molar-refractivity contribution in [2.75, 3.05) is 43.6 Å². The van der Waals surface area contributed by atoms with E-state index in [-0.39, 0.29) is 10.1 Å². The molecular weight excluding hydrogens is 622 g/mol. The molecule has 1 saturated heterocycles. The Labute approximate surface area is 249 Å². The fourth-order valence-electron chi connectivity index (χ4n) is 4.00. The lowest BCUT2D eigenvalue weighted by molar-refractivity contribution is -0.274. The van der Waals surface area contributed by atoms with Crippen molar-refractivity contribution in [3.63, 3.8) is 0 Å². The van der Waals surface area contributed by atoms with Crippen LogP contribution in [-0.4, -0.2) is 89.6 Å². The average molecular weight is 647 g/mol. The summed E-state index contributed by atoms with van der Waals surface area (Å²) in [7, 11) is 1.89. The van der Waals surface area contributed by atoms with E-state index in [1.165, 1.54) is 6.92 Å². The van der Waals surface area contributed by atoms with Gasteiger partial charge >= 0.3 is 18.5 Å². The molecule has 2 amide bonds. The Morgan fingerprint density at radius 2 is 1.64 bits per heavy atom. The number of anilines is 2. The SMILES string of the molecule is CC(C(=O)Nc1cc(C(=O)N(OC(=O)C(F)(F)F)c2nnc(-c3ccccc3)s2)ccc1OC(F)(F)F)N1CCN(C)CC1. The van der Waals surface area contributed by atoms with Crippen molar-refractivity contribution in [2.24, 2.45) is 0 Å². The summed E-state index contributed by atoms with van der Waals surface area (Å²) in [5.41, 5.74) is -0.698. The molecular formula is C26H24F6N6O5S. The molecule has 1 fully saturated rings. The zero-order chi connectivity index (χ0) is 32.2. The smallest absolute Gasteiger partial charge is 0.404 e. The van der Waals surface area contributed by atoms with E-state index in [2.05, 4.69) is 25.1 Å². The molecule has 18 heteroatoms. The zero-order valence-corrected chi connectivity index (χ0v) is 23.8. The summed E-state index contributed by atoms with van der Waals surface area (Å²) < 4.78 is 82.8. The normalized spacial score (nSPS) is 15.4. The maximum Gasteiger partial charge on any atom is 0.573 e. The number of hydrogen-bond donors (Lipinski definition) is 1. The highest BCUT2D eigenvalue weighted by Gasteiger charge is 2.44. The number of piperazine rings is 1. The molecule has 3 aromatic rings. The van der Waals surface area contributed by atoms with Gasteiger partial charge in [0.15, 0.2) is 5.75 Å². The second-order valence-corrected chi connectivity index (χ2v) is 10.5. The third kappa shape index (κ3) is 8.20. The van der Waals surface area contributed by atoms with Crippen LogP contribution in [0.4, 0.5) is 37.2 Å². The number of amides is 2. The van der Waals surface area contributed by atoms with Gasteiger partial charge in [-0.25, -0.2) is 4.79 Å². The van der Waals surface area contributed by atoms with Crippen LogP contribution < -0.4 is 15.1 Å². The summed E-state index contributed by atoms with van der Waals surface area (Å²) >= 11 is 0.602. The molecule has 2 heterocycles. The van der Waals surface area contributed by atoms with E-state index in [1.807, 2.05) is 11.9 Å².